The molecule has 10 N–H and O–H groups in total. The molecule has 0 aliphatic heterocycles. The van der Waals surface area contributed by atoms with E-state index in [0.717, 1.165) is 0 Å². The molecule has 0 saturated heterocycles. The van der Waals surface area contributed by atoms with E-state index in [4.69, 9.17) is 11.5 Å². The molecular formula is C22H33N5O8. The van der Waals surface area contributed by atoms with Crippen LogP contribution in [0.1, 0.15) is 32.8 Å². The normalized spacial score (nSPS) is 15.3. The second-order valence-electron chi connectivity index (χ2n) is 8.50. The van der Waals surface area contributed by atoms with Crippen LogP contribution in [0.2, 0.25) is 0 Å². The molecule has 0 bridgehead atoms. The molecule has 13 heteroatoms. The largest absolute Gasteiger partial charge is 0.508 e. The number of hydrogen-bond acceptors (Lipinski definition) is 8. The van der Waals surface area contributed by atoms with Crippen LogP contribution < -0.4 is 27.4 Å². The average Bonchev–Trinajstić information content (AvgIpc) is 2.75. The van der Waals surface area contributed by atoms with Gasteiger partial charge in [0, 0.05) is 6.42 Å². The van der Waals surface area contributed by atoms with E-state index in [1.165, 1.54) is 31.2 Å². The number of aliphatic hydroxyl groups is 1. The van der Waals surface area contributed by atoms with Crippen molar-refractivity contribution < 1.29 is 39.3 Å². The first-order chi connectivity index (χ1) is 16.2. The minimum Gasteiger partial charge on any atom is -0.508 e. The predicted molar refractivity (Wildman–Crippen MR) is 124 cm³/mol. The minimum atomic E-state index is -1.63. The van der Waals surface area contributed by atoms with Gasteiger partial charge in [-0.25, -0.2) is 4.79 Å². The number of phenolic OH excluding ortho intramolecular Hbond substituents is 1. The fourth-order valence-electron chi connectivity index (χ4n) is 3.09. The number of amides is 4. The molecule has 4 amide bonds. The number of aliphatic carboxylic acids is 1. The summed E-state index contributed by atoms with van der Waals surface area (Å²) in [5, 5.41) is 35.6. The van der Waals surface area contributed by atoms with Crippen molar-refractivity contribution in [2.24, 2.45) is 17.4 Å². The van der Waals surface area contributed by atoms with Crippen LogP contribution in [0.3, 0.4) is 0 Å². The van der Waals surface area contributed by atoms with E-state index < -0.39 is 72.2 Å². The average molecular weight is 496 g/mol. The number of benzene rings is 1. The van der Waals surface area contributed by atoms with Gasteiger partial charge in [-0.05, 0) is 30.5 Å². The van der Waals surface area contributed by atoms with Crippen molar-refractivity contribution in [2.45, 2.75) is 63.9 Å². The zero-order valence-corrected chi connectivity index (χ0v) is 19.7. The van der Waals surface area contributed by atoms with E-state index in [0.29, 0.717) is 5.56 Å². The number of aromatic hydroxyl groups is 1. The topological polar surface area (TPSA) is 234 Å². The Morgan fingerprint density at radius 2 is 1.43 bits per heavy atom. The number of carboxylic acid groups (broad SMARTS) is 1. The molecule has 1 aromatic carbocycles. The van der Waals surface area contributed by atoms with E-state index in [1.54, 1.807) is 13.8 Å². The van der Waals surface area contributed by atoms with Crippen molar-refractivity contribution in [1.82, 2.24) is 16.0 Å². The summed E-state index contributed by atoms with van der Waals surface area (Å²) in [6, 6.07) is 0.409. The Hall–Kier alpha value is -3.71. The van der Waals surface area contributed by atoms with Crippen LogP contribution in [0, 0.1) is 5.92 Å². The molecule has 0 aromatic heterocycles. The quantitative estimate of drug-likeness (QED) is 0.147. The third-order valence-electron chi connectivity index (χ3n) is 5.06. The Labute approximate surface area is 202 Å². The number of nitrogens with one attached hydrogen (secondary N) is 3. The maximum Gasteiger partial charge on any atom is 0.328 e. The maximum absolute atomic E-state index is 13.0. The first-order valence-electron chi connectivity index (χ1n) is 10.9. The van der Waals surface area contributed by atoms with E-state index in [-0.39, 0.29) is 12.2 Å². The first-order valence-corrected chi connectivity index (χ1v) is 10.9. The molecule has 0 radical (unpaired) electrons. The van der Waals surface area contributed by atoms with Crippen LogP contribution in [-0.2, 0) is 30.4 Å². The fraction of sp³-hybridized carbons (Fsp3) is 0.500. The van der Waals surface area contributed by atoms with Crippen LogP contribution in [0.25, 0.3) is 0 Å². The van der Waals surface area contributed by atoms with Gasteiger partial charge in [0.25, 0.3) is 0 Å². The highest BCUT2D eigenvalue weighted by Gasteiger charge is 2.33. The molecule has 0 fully saturated rings. The summed E-state index contributed by atoms with van der Waals surface area (Å²) in [6.45, 7) is 4.45. The second-order valence-corrected chi connectivity index (χ2v) is 8.50. The van der Waals surface area contributed by atoms with Gasteiger partial charge >= 0.3 is 5.97 Å². The third kappa shape index (κ3) is 9.59. The fourth-order valence-corrected chi connectivity index (χ4v) is 3.09. The number of carbonyl (C=O) groups is 5. The summed E-state index contributed by atoms with van der Waals surface area (Å²) in [4.78, 5) is 60.7. The molecule has 5 atom stereocenters. The number of primary amides is 1. The summed E-state index contributed by atoms with van der Waals surface area (Å²) in [7, 11) is 0. The summed E-state index contributed by atoms with van der Waals surface area (Å²) in [5.41, 5.74) is 11.2. The lowest BCUT2D eigenvalue weighted by atomic mass is 10.00. The second kappa shape index (κ2) is 13.2. The summed E-state index contributed by atoms with van der Waals surface area (Å²) < 4.78 is 0. The van der Waals surface area contributed by atoms with Crippen molar-refractivity contribution in [1.29, 1.82) is 0 Å². The Morgan fingerprint density at radius 1 is 0.886 bits per heavy atom. The van der Waals surface area contributed by atoms with E-state index in [1.807, 2.05) is 0 Å². The lowest BCUT2D eigenvalue weighted by Gasteiger charge is -2.27. The smallest absolute Gasteiger partial charge is 0.328 e. The van der Waals surface area contributed by atoms with Gasteiger partial charge in [-0.2, -0.15) is 0 Å². The Balaban J connectivity index is 3.13. The maximum atomic E-state index is 13.0. The van der Waals surface area contributed by atoms with Crippen molar-refractivity contribution in [3.05, 3.63) is 29.8 Å². The zero-order valence-electron chi connectivity index (χ0n) is 19.7. The van der Waals surface area contributed by atoms with E-state index >= 15 is 0 Å². The van der Waals surface area contributed by atoms with Gasteiger partial charge in [0.2, 0.25) is 23.6 Å². The van der Waals surface area contributed by atoms with E-state index in [9.17, 15) is 39.3 Å². The molecule has 5 unspecified atom stereocenters. The van der Waals surface area contributed by atoms with Gasteiger partial charge in [-0.15, -0.1) is 0 Å². The molecular weight excluding hydrogens is 462 g/mol. The molecule has 1 aromatic rings. The van der Waals surface area contributed by atoms with Crippen molar-refractivity contribution >= 4 is 29.6 Å². The minimum absolute atomic E-state index is 0.0197. The highest BCUT2D eigenvalue weighted by atomic mass is 16.4. The highest BCUT2D eigenvalue weighted by molar-refractivity contribution is 5.95. The van der Waals surface area contributed by atoms with Gasteiger partial charge in [-0.1, -0.05) is 26.0 Å². The lowest BCUT2D eigenvalue weighted by molar-refractivity contribution is -0.145. The molecule has 13 nitrogen and oxygen atoms in total. The summed E-state index contributed by atoms with van der Waals surface area (Å²) in [6.07, 6.45) is -1.94. The standard InChI is InChI=1S/C22H33N5O8/c1-10(2)17(26-19(31)14(23)9-16(24)30)21(33)25-15(8-12-4-6-13(29)7-5-12)20(32)27-18(11(3)28)22(34)35/h4-7,10-11,14-15,17-18,28-29H,8-9,23H2,1-3H3,(H2,24,30)(H,25,33)(H,26,31)(H,27,32)(H,34,35). The number of hydrogen-bond donors (Lipinski definition) is 8. The number of aliphatic hydroxyl groups excluding tert-OH is 1. The van der Waals surface area contributed by atoms with Crippen molar-refractivity contribution in [3.8, 4) is 5.75 Å². The number of carboxylic acids is 1. The number of phenols is 1. The zero-order chi connectivity index (χ0) is 26.9. The molecule has 1 rings (SSSR count). The van der Waals surface area contributed by atoms with Crippen LogP contribution in [-0.4, -0.2) is 75.2 Å². The molecule has 0 aliphatic rings. The van der Waals surface area contributed by atoms with Crippen molar-refractivity contribution in [2.75, 3.05) is 0 Å². The summed E-state index contributed by atoms with van der Waals surface area (Å²) >= 11 is 0. The first kappa shape index (κ1) is 29.3. The van der Waals surface area contributed by atoms with Crippen LogP contribution >= 0.6 is 0 Å². The molecule has 35 heavy (non-hydrogen) atoms. The van der Waals surface area contributed by atoms with Gasteiger partial charge in [0.1, 0.15) is 17.8 Å². The molecule has 194 valence electrons. The number of nitrogens with two attached hydrogens (primary N) is 2. The highest BCUT2D eigenvalue weighted by Crippen LogP contribution is 2.12. The summed E-state index contributed by atoms with van der Waals surface area (Å²) in [5.74, 6) is -5.19. The van der Waals surface area contributed by atoms with Crippen molar-refractivity contribution in [3.63, 3.8) is 0 Å². The van der Waals surface area contributed by atoms with E-state index in [2.05, 4.69) is 16.0 Å². The van der Waals surface area contributed by atoms with Gasteiger partial charge in [0.05, 0.1) is 18.6 Å². The lowest BCUT2D eigenvalue weighted by Crippen LogP contribution is -2.59. The molecule has 0 saturated carbocycles. The number of carbonyl (C=O) groups excluding carboxylic acids is 4. The Morgan fingerprint density at radius 3 is 1.89 bits per heavy atom. The molecule has 0 aliphatic carbocycles. The predicted octanol–water partition coefficient (Wildman–Crippen LogP) is -2.29. The van der Waals surface area contributed by atoms with Crippen LogP contribution in [0.15, 0.2) is 24.3 Å². The van der Waals surface area contributed by atoms with Gasteiger partial charge < -0.3 is 42.7 Å². The third-order valence-corrected chi connectivity index (χ3v) is 5.06. The van der Waals surface area contributed by atoms with Gasteiger partial charge in [0.15, 0.2) is 6.04 Å². The van der Waals surface area contributed by atoms with Crippen LogP contribution in [0.4, 0.5) is 0 Å². The van der Waals surface area contributed by atoms with Gasteiger partial charge in [-0.3, -0.25) is 19.2 Å². The van der Waals surface area contributed by atoms with Crippen LogP contribution in [0.5, 0.6) is 5.75 Å². The monoisotopic (exact) mass is 495 g/mol. The number of rotatable bonds is 13. The molecule has 0 heterocycles. The molecule has 0 spiro atoms. The Bertz CT molecular complexity index is 919. The SMILES string of the molecule is CC(C)C(NC(=O)C(N)CC(N)=O)C(=O)NC(Cc1ccc(O)cc1)C(=O)NC(C(=O)O)C(C)O. The Kier molecular flexibility index (Phi) is 11.1.